The molecule has 94 valence electrons. The molecule has 0 bridgehead atoms. The van der Waals surface area contributed by atoms with Crippen molar-refractivity contribution in [2.75, 3.05) is 21.1 Å². The fraction of sp³-hybridized carbons (Fsp3) is 0.600. The van der Waals surface area contributed by atoms with Crippen LogP contribution in [0.15, 0.2) is 30.3 Å². The Hall–Kier alpha value is -0.860. The Bertz CT molecular complexity index is 337. The van der Waals surface area contributed by atoms with Crippen LogP contribution < -0.4 is 5.32 Å². The first-order chi connectivity index (χ1) is 8.19. The molecule has 1 N–H and O–H groups in total. The fourth-order valence-electron chi connectivity index (χ4n) is 3.13. The molecular formula is C15H24N2. The first-order valence-corrected chi connectivity index (χ1v) is 6.59. The van der Waals surface area contributed by atoms with Crippen LogP contribution in [0, 0.1) is 0 Å². The first-order valence-electron chi connectivity index (χ1n) is 6.59. The van der Waals surface area contributed by atoms with E-state index in [9.17, 15) is 0 Å². The van der Waals surface area contributed by atoms with Crippen LogP contribution in [0.2, 0.25) is 0 Å². The predicted molar refractivity (Wildman–Crippen MR) is 73.1 cm³/mol. The monoisotopic (exact) mass is 232 g/mol. The Morgan fingerprint density at radius 2 is 1.71 bits per heavy atom. The lowest BCUT2D eigenvalue weighted by atomic mass is 9.74. The molecule has 1 saturated carbocycles. The SMILES string of the molecule is CN[C@H]1CC[C@@](c2ccccc2)(N(C)C)CC1. The van der Waals surface area contributed by atoms with Gasteiger partial charge in [-0.05, 0) is 52.4 Å². The van der Waals surface area contributed by atoms with Gasteiger partial charge >= 0.3 is 0 Å². The van der Waals surface area contributed by atoms with E-state index in [2.05, 4.69) is 61.7 Å². The van der Waals surface area contributed by atoms with Crippen molar-refractivity contribution in [3.63, 3.8) is 0 Å². The summed E-state index contributed by atoms with van der Waals surface area (Å²) in [7, 11) is 6.51. The molecule has 0 heterocycles. The van der Waals surface area contributed by atoms with Gasteiger partial charge in [0.25, 0.3) is 0 Å². The average Bonchev–Trinajstić information content (AvgIpc) is 2.39. The number of hydrogen-bond acceptors (Lipinski definition) is 2. The minimum atomic E-state index is 0.245. The van der Waals surface area contributed by atoms with Crippen LogP contribution in [-0.2, 0) is 5.54 Å². The summed E-state index contributed by atoms with van der Waals surface area (Å²) < 4.78 is 0. The van der Waals surface area contributed by atoms with E-state index in [-0.39, 0.29) is 5.54 Å². The highest BCUT2D eigenvalue weighted by Crippen LogP contribution is 2.40. The fourth-order valence-corrected chi connectivity index (χ4v) is 3.13. The zero-order chi connectivity index (χ0) is 12.3. The number of hydrogen-bond donors (Lipinski definition) is 1. The molecule has 2 nitrogen and oxygen atoms in total. The third-order valence-electron chi connectivity index (χ3n) is 4.39. The van der Waals surface area contributed by atoms with Crippen LogP contribution >= 0.6 is 0 Å². The molecular weight excluding hydrogens is 208 g/mol. The molecule has 0 spiro atoms. The van der Waals surface area contributed by atoms with Gasteiger partial charge in [0.15, 0.2) is 0 Å². The van der Waals surface area contributed by atoms with Gasteiger partial charge in [0.2, 0.25) is 0 Å². The maximum atomic E-state index is 3.41. The van der Waals surface area contributed by atoms with Crippen LogP contribution in [0.1, 0.15) is 31.2 Å². The molecule has 1 aromatic rings. The lowest BCUT2D eigenvalue weighted by Crippen LogP contribution is -2.47. The largest absolute Gasteiger partial charge is 0.317 e. The van der Waals surface area contributed by atoms with Crippen LogP contribution in [-0.4, -0.2) is 32.1 Å². The molecule has 0 aliphatic heterocycles. The Morgan fingerprint density at radius 3 is 2.18 bits per heavy atom. The molecule has 1 aromatic carbocycles. The molecule has 2 heteroatoms. The molecule has 1 aliphatic carbocycles. The molecule has 0 saturated heterocycles. The summed E-state index contributed by atoms with van der Waals surface area (Å²) >= 11 is 0. The van der Waals surface area contributed by atoms with E-state index < -0.39 is 0 Å². The quantitative estimate of drug-likeness (QED) is 0.862. The van der Waals surface area contributed by atoms with Crippen LogP contribution in [0.5, 0.6) is 0 Å². The Kier molecular flexibility index (Phi) is 3.85. The van der Waals surface area contributed by atoms with Gasteiger partial charge in [0.1, 0.15) is 0 Å². The maximum Gasteiger partial charge on any atom is 0.0455 e. The van der Waals surface area contributed by atoms with Crippen molar-refractivity contribution < 1.29 is 0 Å². The topological polar surface area (TPSA) is 15.3 Å². The van der Waals surface area contributed by atoms with Gasteiger partial charge in [0.05, 0.1) is 0 Å². The van der Waals surface area contributed by atoms with Crippen molar-refractivity contribution in [2.45, 2.75) is 37.3 Å². The highest BCUT2D eigenvalue weighted by Gasteiger charge is 2.38. The van der Waals surface area contributed by atoms with Crippen LogP contribution in [0.25, 0.3) is 0 Å². The third-order valence-corrected chi connectivity index (χ3v) is 4.39. The lowest BCUT2D eigenvalue weighted by molar-refractivity contribution is 0.0870. The van der Waals surface area contributed by atoms with Gasteiger partial charge in [-0.1, -0.05) is 30.3 Å². The third kappa shape index (κ3) is 2.38. The van der Waals surface area contributed by atoms with Gasteiger partial charge in [-0.15, -0.1) is 0 Å². The summed E-state index contributed by atoms with van der Waals surface area (Å²) in [5.74, 6) is 0. The van der Waals surface area contributed by atoms with Crippen molar-refractivity contribution in [1.82, 2.24) is 10.2 Å². The van der Waals surface area contributed by atoms with E-state index in [4.69, 9.17) is 0 Å². The Morgan fingerprint density at radius 1 is 1.12 bits per heavy atom. The van der Waals surface area contributed by atoms with Gasteiger partial charge in [0, 0.05) is 11.6 Å². The summed E-state index contributed by atoms with van der Waals surface area (Å²) in [5, 5.41) is 3.41. The number of nitrogens with zero attached hydrogens (tertiary/aromatic N) is 1. The summed E-state index contributed by atoms with van der Waals surface area (Å²) in [6, 6.07) is 11.7. The van der Waals surface area contributed by atoms with E-state index in [1.165, 1.54) is 31.2 Å². The van der Waals surface area contributed by atoms with Crippen molar-refractivity contribution in [2.24, 2.45) is 0 Å². The Labute approximate surface area is 105 Å². The molecule has 0 radical (unpaired) electrons. The average molecular weight is 232 g/mol. The zero-order valence-electron chi connectivity index (χ0n) is 11.2. The van der Waals surface area contributed by atoms with E-state index in [0.717, 1.165) is 0 Å². The number of rotatable bonds is 3. The standard InChI is InChI=1S/C15H24N2/c1-16-14-9-11-15(12-10-14,17(2)3)13-7-5-4-6-8-13/h4-8,14,16H,9-12H2,1-3H3/t14-,15+. The molecule has 17 heavy (non-hydrogen) atoms. The normalized spacial score (nSPS) is 29.5. The number of nitrogens with one attached hydrogen (secondary N) is 1. The van der Waals surface area contributed by atoms with E-state index in [1.807, 2.05) is 0 Å². The highest BCUT2D eigenvalue weighted by atomic mass is 15.1. The summed E-state index contributed by atoms with van der Waals surface area (Å²) in [6.45, 7) is 0. The maximum absolute atomic E-state index is 3.41. The van der Waals surface area contributed by atoms with E-state index >= 15 is 0 Å². The second-order valence-corrected chi connectivity index (χ2v) is 5.35. The first kappa shape index (κ1) is 12.6. The highest BCUT2D eigenvalue weighted by molar-refractivity contribution is 5.25. The molecule has 1 aliphatic rings. The second-order valence-electron chi connectivity index (χ2n) is 5.35. The Balaban J connectivity index is 2.24. The van der Waals surface area contributed by atoms with Crippen LogP contribution in [0.4, 0.5) is 0 Å². The summed E-state index contributed by atoms with van der Waals surface area (Å²) in [4.78, 5) is 2.41. The lowest BCUT2D eigenvalue weighted by Gasteiger charge is -2.45. The minimum Gasteiger partial charge on any atom is -0.317 e. The second kappa shape index (κ2) is 5.19. The predicted octanol–water partition coefficient (Wildman–Crippen LogP) is 2.61. The molecule has 0 atom stereocenters. The minimum absolute atomic E-state index is 0.245. The van der Waals surface area contributed by atoms with Gasteiger partial charge in [-0.25, -0.2) is 0 Å². The van der Waals surface area contributed by atoms with E-state index in [1.54, 1.807) is 0 Å². The zero-order valence-corrected chi connectivity index (χ0v) is 11.2. The molecule has 1 fully saturated rings. The van der Waals surface area contributed by atoms with Crippen molar-refractivity contribution >= 4 is 0 Å². The van der Waals surface area contributed by atoms with Gasteiger partial charge in [-0.3, -0.25) is 4.90 Å². The molecule has 0 amide bonds. The molecule has 0 unspecified atom stereocenters. The van der Waals surface area contributed by atoms with E-state index in [0.29, 0.717) is 6.04 Å². The summed E-state index contributed by atoms with van der Waals surface area (Å²) in [5.41, 5.74) is 1.72. The molecule has 2 rings (SSSR count). The smallest absolute Gasteiger partial charge is 0.0455 e. The summed E-state index contributed by atoms with van der Waals surface area (Å²) in [6.07, 6.45) is 5.03. The molecule has 0 aromatic heterocycles. The van der Waals surface area contributed by atoms with Crippen molar-refractivity contribution in [3.8, 4) is 0 Å². The van der Waals surface area contributed by atoms with Gasteiger partial charge < -0.3 is 5.32 Å². The van der Waals surface area contributed by atoms with Crippen molar-refractivity contribution in [3.05, 3.63) is 35.9 Å². The van der Waals surface area contributed by atoms with Gasteiger partial charge in [-0.2, -0.15) is 0 Å². The van der Waals surface area contributed by atoms with Crippen LogP contribution in [0.3, 0.4) is 0 Å². The number of benzene rings is 1. The van der Waals surface area contributed by atoms with Crippen molar-refractivity contribution in [1.29, 1.82) is 0 Å².